The molecule has 1 aromatic carbocycles. The first-order chi connectivity index (χ1) is 13.2. The van der Waals surface area contributed by atoms with E-state index in [-0.39, 0.29) is 12.6 Å². The summed E-state index contributed by atoms with van der Waals surface area (Å²) in [7, 11) is 1.75. The van der Waals surface area contributed by atoms with Crippen LogP contribution < -0.4 is 5.32 Å². The van der Waals surface area contributed by atoms with E-state index in [1.165, 1.54) is 5.56 Å². The number of hydrogen-bond acceptors (Lipinski definition) is 5. The third-order valence-electron chi connectivity index (χ3n) is 4.74. The summed E-state index contributed by atoms with van der Waals surface area (Å²) >= 11 is 0. The molecule has 2 heterocycles. The molecular formula is C19H22N6O2. The number of carbonyl (C=O) groups is 1. The average molecular weight is 366 g/mol. The summed E-state index contributed by atoms with van der Waals surface area (Å²) < 4.78 is 5.41. The maximum absolute atomic E-state index is 12.4. The molecule has 0 bridgehead atoms. The van der Waals surface area contributed by atoms with E-state index in [1.807, 2.05) is 30.3 Å². The minimum absolute atomic E-state index is 0.194. The second-order valence-electron chi connectivity index (χ2n) is 6.72. The molecule has 0 saturated carbocycles. The summed E-state index contributed by atoms with van der Waals surface area (Å²) in [4.78, 5) is 18.4. The molecule has 4 rings (SSSR count). The number of amides is 2. The van der Waals surface area contributed by atoms with Crippen LogP contribution in [0.3, 0.4) is 0 Å². The zero-order valence-corrected chi connectivity index (χ0v) is 15.2. The number of nitrogens with one attached hydrogen (secondary N) is 2. The second kappa shape index (κ2) is 7.61. The zero-order valence-electron chi connectivity index (χ0n) is 15.2. The van der Waals surface area contributed by atoms with Gasteiger partial charge in [-0.15, -0.1) is 0 Å². The highest BCUT2D eigenvalue weighted by Gasteiger charge is 2.21. The molecule has 1 aliphatic rings. The van der Waals surface area contributed by atoms with Crippen LogP contribution in [0.4, 0.5) is 4.79 Å². The standard InChI is InChI=1S/C19H22N6O2/c1-25(12-15-14-9-5-6-10-16(14)27-24-15)19(26)20-11-17-21-18(23-22-17)13-7-3-2-4-8-13/h2-4,7-8H,5-6,9-12H2,1H3,(H,20,26)(H,21,22,23). The van der Waals surface area contributed by atoms with E-state index in [0.717, 1.165) is 42.7 Å². The van der Waals surface area contributed by atoms with Gasteiger partial charge in [-0.1, -0.05) is 35.5 Å². The van der Waals surface area contributed by atoms with Crippen LogP contribution in [-0.2, 0) is 25.9 Å². The first-order valence-corrected chi connectivity index (χ1v) is 9.12. The van der Waals surface area contributed by atoms with Crippen molar-refractivity contribution in [3.63, 3.8) is 0 Å². The summed E-state index contributed by atoms with van der Waals surface area (Å²) in [6, 6.07) is 9.50. The maximum Gasteiger partial charge on any atom is 0.317 e. The molecule has 0 saturated heterocycles. The van der Waals surface area contributed by atoms with Crippen LogP contribution in [0.5, 0.6) is 0 Å². The molecule has 0 unspecified atom stereocenters. The predicted octanol–water partition coefficient (Wildman–Crippen LogP) is 2.68. The van der Waals surface area contributed by atoms with Gasteiger partial charge in [-0.2, -0.15) is 5.10 Å². The lowest BCUT2D eigenvalue weighted by molar-refractivity contribution is 0.204. The Bertz CT molecular complexity index is 917. The Hall–Kier alpha value is -3.16. The summed E-state index contributed by atoms with van der Waals surface area (Å²) in [5.41, 5.74) is 2.95. The number of aromatic amines is 1. The van der Waals surface area contributed by atoms with Gasteiger partial charge in [0.2, 0.25) is 0 Å². The van der Waals surface area contributed by atoms with E-state index in [1.54, 1.807) is 11.9 Å². The highest BCUT2D eigenvalue weighted by molar-refractivity contribution is 5.73. The Labute approximate surface area is 157 Å². The van der Waals surface area contributed by atoms with Crippen molar-refractivity contribution < 1.29 is 9.32 Å². The largest absolute Gasteiger partial charge is 0.361 e. The van der Waals surface area contributed by atoms with Crippen LogP contribution in [0.25, 0.3) is 11.4 Å². The van der Waals surface area contributed by atoms with E-state index < -0.39 is 0 Å². The Morgan fingerprint density at radius 2 is 2.07 bits per heavy atom. The first kappa shape index (κ1) is 17.3. The highest BCUT2D eigenvalue weighted by atomic mass is 16.5. The van der Waals surface area contributed by atoms with Crippen LogP contribution in [0.1, 0.15) is 35.7 Å². The van der Waals surface area contributed by atoms with Gasteiger partial charge in [0, 0.05) is 24.6 Å². The molecule has 27 heavy (non-hydrogen) atoms. The molecule has 0 fully saturated rings. The number of benzene rings is 1. The molecule has 2 aromatic heterocycles. The molecule has 2 N–H and O–H groups in total. The van der Waals surface area contributed by atoms with Crippen LogP contribution in [0, 0.1) is 0 Å². The number of carbonyl (C=O) groups excluding carboxylic acids is 1. The lowest BCUT2D eigenvalue weighted by Crippen LogP contribution is -2.36. The molecule has 1 aliphatic carbocycles. The van der Waals surface area contributed by atoms with Crippen LogP contribution in [0.2, 0.25) is 0 Å². The van der Waals surface area contributed by atoms with Crippen molar-refractivity contribution in [3.8, 4) is 11.4 Å². The van der Waals surface area contributed by atoms with E-state index in [2.05, 4.69) is 25.7 Å². The van der Waals surface area contributed by atoms with Gasteiger partial charge in [-0.3, -0.25) is 5.10 Å². The number of urea groups is 1. The van der Waals surface area contributed by atoms with Crippen LogP contribution in [0.15, 0.2) is 34.9 Å². The SMILES string of the molecule is CN(Cc1noc2c1CCCC2)C(=O)NCc1nc(-c2ccccc2)n[nH]1. The molecule has 8 heteroatoms. The molecule has 0 aliphatic heterocycles. The molecule has 140 valence electrons. The van der Waals surface area contributed by atoms with Crippen molar-refractivity contribution in [1.82, 2.24) is 30.6 Å². The number of aromatic nitrogens is 4. The smallest absolute Gasteiger partial charge is 0.317 e. The Morgan fingerprint density at radius 1 is 1.26 bits per heavy atom. The fourth-order valence-electron chi connectivity index (χ4n) is 3.25. The third kappa shape index (κ3) is 3.84. The van der Waals surface area contributed by atoms with Gasteiger partial charge in [-0.25, -0.2) is 9.78 Å². The fraction of sp³-hybridized carbons (Fsp3) is 0.368. The Balaban J connectivity index is 1.33. The number of hydrogen-bond donors (Lipinski definition) is 2. The maximum atomic E-state index is 12.4. The van der Waals surface area contributed by atoms with Crippen molar-refractivity contribution in [2.75, 3.05) is 7.05 Å². The van der Waals surface area contributed by atoms with Gasteiger partial charge >= 0.3 is 6.03 Å². The molecule has 0 radical (unpaired) electrons. The Kier molecular flexibility index (Phi) is 4.86. The fourth-order valence-corrected chi connectivity index (χ4v) is 3.25. The van der Waals surface area contributed by atoms with E-state index in [0.29, 0.717) is 18.2 Å². The van der Waals surface area contributed by atoms with Gasteiger partial charge in [0.25, 0.3) is 0 Å². The molecule has 2 amide bonds. The van der Waals surface area contributed by atoms with Gasteiger partial charge < -0.3 is 14.7 Å². The topological polar surface area (TPSA) is 99.9 Å². The minimum Gasteiger partial charge on any atom is -0.361 e. The van der Waals surface area contributed by atoms with Gasteiger partial charge in [0.05, 0.1) is 13.1 Å². The van der Waals surface area contributed by atoms with Gasteiger partial charge in [0.15, 0.2) is 5.82 Å². The summed E-state index contributed by atoms with van der Waals surface area (Å²) in [5.74, 6) is 2.19. The number of rotatable bonds is 5. The van der Waals surface area contributed by atoms with Crippen molar-refractivity contribution >= 4 is 6.03 Å². The number of fused-ring (bicyclic) bond motifs is 1. The summed E-state index contributed by atoms with van der Waals surface area (Å²) in [5, 5.41) is 14.1. The van der Waals surface area contributed by atoms with Crippen LogP contribution in [-0.4, -0.2) is 38.3 Å². The highest BCUT2D eigenvalue weighted by Crippen LogP contribution is 2.24. The normalized spacial score (nSPS) is 13.2. The van der Waals surface area contributed by atoms with Gasteiger partial charge in [-0.05, 0) is 19.3 Å². The Morgan fingerprint density at radius 3 is 2.93 bits per heavy atom. The minimum atomic E-state index is -0.194. The number of nitrogens with zero attached hydrogens (tertiary/aromatic N) is 4. The third-order valence-corrected chi connectivity index (χ3v) is 4.74. The molecular weight excluding hydrogens is 344 g/mol. The molecule has 0 atom stereocenters. The monoisotopic (exact) mass is 366 g/mol. The number of H-pyrrole nitrogens is 1. The van der Waals surface area contributed by atoms with E-state index in [4.69, 9.17) is 4.52 Å². The lowest BCUT2D eigenvalue weighted by atomic mass is 9.96. The molecule has 3 aromatic rings. The lowest BCUT2D eigenvalue weighted by Gasteiger charge is -2.17. The molecule has 0 spiro atoms. The van der Waals surface area contributed by atoms with E-state index in [9.17, 15) is 4.79 Å². The zero-order chi connectivity index (χ0) is 18.6. The van der Waals surface area contributed by atoms with Crippen molar-refractivity contribution in [2.45, 2.75) is 38.8 Å². The van der Waals surface area contributed by atoms with Crippen molar-refractivity contribution in [3.05, 3.63) is 53.2 Å². The predicted molar refractivity (Wildman–Crippen MR) is 98.7 cm³/mol. The van der Waals surface area contributed by atoms with Crippen molar-refractivity contribution in [1.29, 1.82) is 0 Å². The first-order valence-electron chi connectivity index (χ1n) is 9.12. The van der Waals surface area contributed by atoms with E-state index >= 15 is 0 Å². The summed E-state index contributed by atoms with van der Waals surface area (Å²) in [6.07, 6.45) is 4.20. The van der Waals surface area contributed by atoms with Gasteiger partial charge in [0.1, 0.15) is 17.3 Å². The quantitative estimate of drug-likeness (QED) is 0.723. The van der Waals surface area contributed by atoms with Crippen molar-refractivity contribution in [2.24, 2.45) is 0 Å². The average Bonchev–Trinajstić information content (AvgIpc) is 3.34. The van der Waals surface area contributed by atoms with Crippen LogP contribution >= 0.6 is 0 Å². The summed E-state index contributed by atoms with van der Waals surface area (Å²) in [6.45, 7) is 0.705. The number of aryl methyl sites for hydroxylation is 1. The molecule has 8 nitrogen and oxygen atoms in total. The second-order valence-corrected chi connectivity index (χ2v) is 6.72.